The maximum Gasteiger partial charge on any atom is 0.145 e. The molecule has 106 valence electrons. The molecule has 0 saturated carbocycles. The van der Waals surface area contributed by atoms with Crippen molar-refractivity contribution in [2.45, 2.75) is 26.3 Å². The summed E-state index contributed by atoms with van der Waals surface area (Å²) in [4.78, 5) is 4.41. The number of hydrogen-bond acceptors (Lipinski definition) is 5. The molecule has 1 aliphatic heterocycles. The summed E-state index contributed by atoms with van der Waals surface area (Å²) >= 11 is 0. The molecular formula is C14H20N6. The van der Waals surface area contributed by atoms with Crippen LogP contribution >= 0.6 is 0 Å². The number of aryl methyl sites for hydroxylation is 2. The maximum absolute atomic E-state index is 9.28. The summed E-state index contributed by atoms with van der Waals surface area (Å²) in [7, 11) is 1.87. The van der Waals surface area contributed by atoms with Gasteiger partial charge in [0.2, 0.25) is 0 Å². The Bertz CT molecular complexity index is 553. The Balaban J connectivity index is 2.12. The monoisotopic (exact) mass is 272 g/mol. The highest BCUT2D eigenvalue weighted by Gasteiger charge is 2.26. The van der Waals surface area contributed by atoms with Crippen LogP contribution in [0, 0.1) is 29.6 Å². The van der Waals surface area contributed by atoms with E-state index >= 15 is 0 Å². The molecule has 2 rings (SSSR count). The second-order valence-electron chi connectivity index (χ2n) is 5.10. The van der Waals surface area contributed by atoms with Gasteiger partial charge < -0.3 is 4.90 Å². The van der Waals surface area contributed by atoms with Gasteiger partial charge in [0.25, 0.3) is 0 Å². The van der Waals surface area contributed by atoms with E-state index in [4.69, 9.17) is 5.26 Å². The molecule has 1 atom stereocenters. The number of hydrogen-bond donors (Lipinski definition) is 0. The predicted octanol–water partition coefficient (Wildman–Crippen LogP) is 1.02. The normalized spacial score (nSPS) is 17.6. The van der Waals surface area contributed by atoms with Crippen LogP contribution in [0.2, 0.25) is 0 Å². The SMILES string of the molecule is CCC(C#N)N1CCN(c2c(C#N)c(C)nn2C)CC1. The van der Waals surface area contributed by atoms with Crippen LogP contribution in [0.4, 0.5) is 5.82 Å². The molecule has 6 heteroatoms. The molecule has 6 nitrogen and oxygen atoms in total. The molecule has 1 aromatic heterocycles. The zero-order chi connectivity index (χ0) is 14.7. The van der Waals surface area contributed by atoms with Gasteiger partial charge in [-0.2, -0.15) is 15.6 Å². The molecule has 0 N–H and O–H groups in total. The molecule has 1 aliphatic rings. The molecule has 2 heterocycles. The Labute approximate surface area is 119 Å². The average Bonchev–Trinajstić information content (AvgIpc) is 2.75. The largest absolute Gasteiger partial charge is 0.353 e. The zero-order valence-corrected chi connectivity index (χ0v) is 12.3. The van der Waals surface area contributed by atoms with Crippen LogP contribution < -0.4 is 4.90 Å². The summed E-state index contributed by atoms with van der Waals surface area (Å²) < 4.78 is 1.78. The van der Waals surface area contributed by atoms with E-state index in [0.717, 1.165) is 44.1 Å². The lowest BCUT2D eigenvalue weighted by Gasteiger charge is -2.37. The molecule has 1 saturated heterocycles. The minimum atomic E-state index is 0.000797. The maximum atomic E-state index is 9.28. The Hall–Kier alpha value is -2.05. The van der Waals surface area contributed by atoms with Crippen molar-refractivity contribution in [3.8, 4) is 12.1 Å². The smallest absolute Gasteiger partial charge is 0.145 e. The standard InChI is InChI=1S/C14H20N6/c1-4-12(9-15)19-5-7-20(8-6-19)14-13(10-16)11(2)17-18(14)3/h12H,4-8H2,1-3H3. The molecule has 1 fully saturated rings. The fourth-order valence-electron chi connectivity index (χ4n) is 2.82. The summed E-state index contributed by atoms with van der Waals surface area (Å²) in [5.41, 5.74) is 1.43. The van der Waals surface area contributed by atoms with Gasteiger partial charge >= 0.3 is 0 Å². The molecule has 0 amide bonds. The topological polar surface area (TPSA) is 71.9 Å². The van der Waals surface area contributed by atoms with Crippen LogP contribution in [-0.2, 0) is 7.05 Å². The fourth-order valence-corrected chi connectivity index (χ4v) is 2.82. The van der Waals surface area contributed by atoms with Crippen molar-refractivity contribution in [1.82, 2.24) is 14.7 Å². The first-order chi connectivity index (χ1) is 9.62. The minimum Gasteiger partial charge on any atom is -0.353 e. The van der Waals surface area contributed by atoms with Crippen LogP contribution in [0.3, 0.4) is 0 Å². The Kier molecular flexibility index (Phi) is 4.26. The number of nitriles is 2. The van der Waals surface area contributed by atoms with Crippen molar-refractivity contribution in [1.29, 1.82) is 10.5 Å². The van der Waals surface area contributed by atoms with Crippen molar-refractivity contribution in [2.24, 2.45) is 7.05 Å². The van der Waals surface area contributed by atoms with Crippen LogP contribution in [-0.4, -0.2) is 46.9 Å². The Morgan fingerprint density at radius 2 is 1.90 bits per heavy atom. The van der Waals surface area contributed by atoms with E-state index in [1.807, 2.05) is 20.9 Å². The molecule has 0 spiro atoms. The fraction of sp³-hybridized carbons (Fsp3) is 0.643. The van der Waals surface area contributed by atoms with E-state index in [1.54, 1.807) is 4.68 Å². The lowest BCUT2D eigenvalue weighted by Crippen LogP contribution is -2.50. The van der Waals surface area contributed by atoms with Crippen molar-refractivity contribution >= 4 is 5.82 Å². The third-order valence-corrected chi connectivity index (χ3v) is 3.89. The van der Waals surface area contributed by atoms with E-state index in [0.29, 0.717) is 5.56 Å². The summed E-state index contributed by atoms with van der Waals surface area (Å²) in [5, 5.41) is 22.7. The minimum absolute atomic E-state index is 0.000797. The van der Waals surface area contributed by atoms with Gasteiger partial charge in [-0.15, -0.1) is 0 Å². The van der Waals surface area contributed by atoms with E-state index in [2.05, 4.69) is 27.0 Å². The first kappa shape index (κ1) is 14.4. The average molecular weight is 272 g/mol. The number of aromatic nitrogens is 2. The Morgan fingerprint density at radius 3 is 2.40 bits per heavy atom. The van der Waals surface area contributed by atoms with Crippen LogP contribution in [0.25, 0.3) is 0 Å². The summed E-state index contributed by atoms with van der Waals surface area (Å²) in [6.45, 7) is 7.25. The van der Waals surface area contributed by atoms with Crippen molar-refractivity contribution in [3.63, 3.8) is 0 Å². The van der Waals surface area contributed by atoms with Gasteiger partial charge in [-0.1, -0.05) is 6.92 Å². The lowest BCUT2D eigenvalue weighted by atomic mass is 10.1. The van der Waals surface area contributed by atoms with E-state index < -0.39 is 0 Å². The molecule has 0 bridgehead atoms. The van der Waals surface area contributed by atoms with Crippen molar-refractivity contribution < 1.29 is 0 Å². The van der Waals surface area contributed by atoms with Gasteiger partial charge in [0.15, 0.2) is 0 Å². The molecular weight excluding hydrogens is 252 g/mol. The lowest BCUT2D eigenvalue weighted by molar-refractivity contribution is 0.215. The van der Waals surface area contributed by atoms with E-state index in [1.165, 1.54) is 0 Å². The summed E-state index contributed by atoms with van der Waals surface area (Å²) in [6, 6.07) is 4.60. The highest BCUT2D eigenvalue weighted by Crippen LogP contribution is 2.24. The van der Waals surface area contributed by atoms with Gasteiger partial charge in [-0.25, -0.2) is 0 Å². The second-order valence-corrected chi connectivity index (χ2v) is 5.10. The quantitative estimate of drug-likeness (QED) is 0.821. The van der Waals surface area contributed by atoms with Gasteiger partial charge in [-0.05, 0) is 13.3 Å². The molecule has 1 aromatic rings. The van der Waals surface area contributed by atoms with Gasteiger partial charge in [0.05, 0.1) is 17.8 Å². The number of anilines is 1. The molecule has 0 aliphatic carbocycles. The van der Waals surface area contributed by atoms with E-state index in [-0.39, 0.29) is 6.04 Å². The van der Waals surface area contributed by atoms with Gasteiger partial charge in [0.1, 0.15) is 17.5 Å². The zero-order valence-electron chi connectivity index (χ0n) is 12.3. The molecule has 0 radical (unpaired) electrons. The molecule has 1 unspecified atom stereocenters. The summed E-state index contributed by atoms with van der Waals surface area (Å²) in [5.74, 6) is 0.898. The number of rotatable bonds is 3. The third kappa shape index (κ3) is 2.48. The number of nitrogens with zero attached hydrogens (tertiary/aromatic N) is 6. The first-order valence-corrected chi connectivity index (χ1v) is 6.94. The van der Waals surface area contributed by atoms with Crippen LogP contribution in [0.15, 0.2) is 0 Å². The highest BCUT2D eigenvalue weighted by atomic mass is 15.4. The first-order valence-electron chi connectivity index (χ1n) is 6.94. The van der Waals surface area contributed by atoms with Gasteiger partial charge in [0, 0.05) is 33.2 Å². The third-order valence-electron chi connectivity index (χ3n) is 3.89. The Morgan fingerprint density at radius 1 is 1.25 bits per heavy atom. The molecule has 0 aromatic carbocycles. The van der Waals surface area contributed by atoms with Crippen LogP contribution in [0.5, 0.6) is 0 Å². The second kappa shape index (κ2) is 5.94. The van der Waals surface area contributed by atoms with E-state index in [9.17, 15) is 5.26 Å². The highest BCUT2D eigenvalue weighted by molar-refractivity contribution is 5.57. The molecule has 20 heavy (non-hydrogen) atoms. The van der Waals surface area contributed by atoms with Crippen molar-refractivity contribution in [3.05, 3.63) is 11.3 Å². The van der Waals surface area contributed by atoms with Gasteiger partial charge in [-0.3, -0.25) is 9.58 Å². The summed E-state index contributed by atoms with van der Waals surface area (Å²) in [6.07, 6.45) is 0.852. The number of piperazine rings is 1. The van der Waals surface area contributed by atoms with Crippen LogP contribution in [0.1, 0.15) is 24.6 Å². The van der Waals surface area contributed by atoms with Crippen molar-refractivity contribution in [2.75, 3.05) is 31.1 Å². The predicted molar refractivity (Wildman–Crippen MR) is 76.1 cm³/mol.